The number of carbonyl (C=O) groups excluding carboxylic acids is 1. The molecule has 1 amide bonds. The van der Waals surface area contributed by atoms with Crippen LogP contribution in [0.2, 0.25) is 0 Å². The van der Waals surface area contributed by atoms with E-state index in [9.17, 15) is 4.79 Å². The molecule has 0 aromatic heterocycles. The number of hydrogen-bond donors (Lipinski definition) is 3. The van der Waals surface area contributed by atoms with Gasteiger partial charge in [-0.15, -0.1) is 0 Å². The molecule has 0 aromatic carbocycles. The van der Waals surface area contributed by atoms with Crippen LogP contribution >= 0.6 is 0 Å². The molecule has 0 aliphatic heterocycles. The van der Waals surface area contributed by atoms with E-state index in [4.69, 9.17) is 10.8 Å². The highest BCUT2D eigenvalue weighted by atomic mass is 16.3. The van der Waals surface area contributed by atoms with E-state index in [-0.39, 0.29) is 18.4 Å². The summed E-state index contributed by atoms with van der Waals surface area (Å²) >= 11 is 0. The number of aliphatic hydroxyl groups excluding tert-OH is 1. The molecule has 0 aliphatic rings. The molecule has 0 fully saturated rings. The first-order chi connectivity index (χ1) is 5.70. The number of rotatable bonds is 6. The van der Waals surface area contributed by atoms with Gasteiger partial charge in [-0.05, 0) is 18.9 Å². The SMILES string of the molecule is CC(CO)CC(=O)NCCCN. The van der Waals surface area contributed by atoms with Crippen molar-refractivity contribution in [2.24, 2.45) is 11.7 Å². The summed E-state index contributed by atoms with van der Waals surface area (Å²) in [4.78, 5) is 11.0. The van der Waals surface area contributed by atoms with Crippen LogP contribution in [0.5, 0.6) is 0 Å². The Morgan fingerprint density at radius 3 is 2.83 bits per heavy atom. The van der Waals surface area contributed by atoms with Gasteiger partial charge in [0, 0.05) is 19.6 Å². The molecule has 0 aliphatic carbocycles. The Hall–Kier alpha value is -0.610. The maximum atomic E-state index is 11.0. The Morgan fingerprint density at radius 1 is 1.67 bits per heavy atom. The summed E-state index contributed by atoms with van der Waals surface area (Å²) in [6, 6.07) is 0. The Balaban J connectivity index is 3.33. The minimum atomic E-state index is -0.00926. The minimum absolute atomic E-state index is 0.00926. The summed E-state index contributed by atoms with van der Waals surface area (Å²) in [6.45, 7) is 3.12. The normalized spacial score (nSPS) is 12.6. The number of nitrogens with one attached hydrogen (secondary N) is 1. The zero-order valence-corrected chi connectivity index (χ0v) is 7.55. The summed E-state index contributed by atoms with van der Waals surface area (Å²) < 4.78 is 0. The average molecular weight is 174 g/mol. The molecule has 72 valence electrons. The zero-order chi connectivity index (χ0) is 9.40. The van der Waals surface area contributed by atoms with Crippen LogP contribution in [-0.4, -0.2) is 30.7 Å². The van der Waals surface area contributed by atoms with Crippen LogP contribution in [0.1, 0.15) is 19.8 Å². The van der Waals surface area contributed by atoms with Crippen LogP contribution in [0.25, 0.3) is 0 Å². The molecule has 12 heavy (non-hydrogen) atoms. The van der Waals surface area contributed by atoms with Gasteiger partial charge in [-0.25, -0.2) is 0 Å². The predicted molar refractivity (Wildman–Crippen MR) is 47.5 cm³/mol. The van der Waals surface area contributed by atoms with E-state index < -0.39 is 0 Å². The number of amides is 1. The van der Waals surface area contributed by atoms with Crippen LogP contribution < -0.4 is 11.1 Å². The van der Waals surface area contributed by atoms with E-state index in [1.807, 2.05) is 6.92 Å². The van der Waals surface area contributed by atoms with Crippen LogP contribution in [-0.2, 0) is 4.79 Å². The fourth-order valence-corrected chi connectivity index (χ4v) is 0.783. The average Bonchev–Trinajstić information content (AvgIpc) is 2.05. The summed E-state index contributed by atoms with van der Waals surface area (Å²) in [5, 5.41) is 11.4. The van der Waals surface area contributed by atoms with E-state index in [2.05, 4.69) is 5.32 Å². The summed E-state index contributed by atoms with van der Waals surface area (Å²) in [5.74, 6) is 0.0351. The van der Waals surface area contributed by atoms with Crippen LogP contribution in [0.3, 0.4) is 0 Å². The fourth-order valence-electron chi connectivity index (χ4n) is 0.783. The fraction of sp³-hybridized carbons (Fsp3) is 0.875. The first kappa shape index (κ1) is 11.4. The highest BCUT2D eigenvalue weighted by Gasteiger charge is 2.06. The van der Waals surface area contributed by atoms with E-state index >= 15 is 0 Å². The van der Waals surface area contributed by atoms with Crippen molar-refractivity contribution in [1.82, 2.24) is 5.32 Å². The molecule has 0 rings (SSSR count). The van der Waals surface area contributed by atoms with E-state index in [0.717, 1.165) is 6.42 Å². The summed E-state index contributed by atoms with van der Waals surface area (Å²) in [5.41, 5.74) is 5.25. The lowest BCUT2D eigenvalue weighted by molar-refractivity contribution is -0.122. The van der Waals surface area contributed by atoms with Gasteiger partial charge < -0.3 is 16.2 Å². The molecule has 4 nitrogen and oxygen atoms in total. The standard InChI is InChI=1S/C8H18N2O2/c1-7(6-11)5-8(12)10-4-2-3-9/h7,11H,2-6,9H2,1H3,(H,10,12). The number of hydrogen-bond acceptors (Lipinski definition) is 3. The van der Waals surface area contributed by atoms with Crippen molar-refractivity contribution in [3.8, 4) is 0 Å². The predicted octanol–water partition coefficient (Wildman–Crippen LogP) is -0.530. The van der Waals surface area contributed by atoms with Crippen LogP contribution in [0.4, 0.5) is 0 Å². The number of nitrogens with two attached hydrogens (primary N) is 1. The second kappa shape index (κ2) is 7.06. The molecule has 0 bridgehead atoms. The highest BCUT2D eigenvalue weighted by Crippen LogP contribution is 1.98. The molecule has 0 saturated heterocycles. The second-order valence-electron chi connectivity index (χ2n) is 2.98. The molecular formula is C8H18N2O2. The number of carbonyl (C=O) groups is 1. The maximum Gasteiger partial charge on any atom is 0.220 e. The smallest absolute Gasteiger partial charge is 0.220 e. The van der Waals surface area contributed by atoms with Gasteiger partial charge in [-0.2, -0.15) is 0 Å². The van der Waals surface area contributed by atoms with Gasteiger partial charge in [-0.3, -0.25) is 4.79 Å². The minimum Gasteiger partial charge on any atom is -0.396 e. The molecule has 1 unspecified atom stereocenters. The molecule has 0 heterocycles. The van der Waals surface area contributed by atoms with Crippen molar-refractivity contribution in [2.45, 2.75) is 19.8 Å². The molecule has 0 spiro atoms. The Labute approximate surface area is 73.1 Å². The van der Waals surface area contributed by atoms with Gasteiger partial charge in [0.2, 0.25) is 5.91 Å². The van der Waals surface area contributed by atoms with Crippen molar-refractivity contribution < 1.29 is 9.90 Å². The first-order valence-electron chi connectivity index (χ1n) is 4.28. The molecule has 4 heteroatoms. The van der Waals surface area contributed by atoms with Crippen LogP contribution in [0, 0.1) is 5.92 Å². The molecule has 0 saturated carbocycles. The van der Waals surface area contributed by atoms with Crippen molar-refractivity contribution in [3.63, 3.8) is 0 Å². The molecular weight excluding hydrogens is 156 g/mol. The van der Waals surface area contributed by atoms with Crippen molar-refractivity contribution in [1.29, 1.82) is 0 Å². The van der Waals surface area contributed by atoms with Crippen molar-refractivity contribution >= 4 is 5.91 Å². The third-order valence-corrected chi connectivity index (χ3v) is 1.55. The van der Waals surface area contributed by atoms with Crippen molar-refractivity contribution in [2.75, 3.05) is 19.7 Å². The molecule has 1 atom stereocenters. The third-order valence-electron chi connectivity index (χ3n) is 1.55. The van der Waals surface area contributed by atoms with Gasteiger partial charge in [0.05, 0.1) is 0 Å². The molecule has 4 N–H and O–H groups in total. The monoisotopic (exact) mass is 174 g/mol. The zero-order valence-electron chi connectivity index (χ0n) is 7.55. The lowest BCUT2D eigenvalue weighted by atomic mass is 10.1. The van der Waals surface area contributed by atoms with E-state index in [1.54, 1.807) is 0 Å². The third kappa shape index (κ3) is 6.12. The highest BCUT2D eigenvalue weighted by molar-refractivity contribution is 5.76. The summed E-state index contributed by atoms with van der Waals surface area (Å²) in [6.07, 6.45) is 1.19. The first-order valence-corrected chi connectivity index (χ1v) is 4.28. The van der Waals surface area contributed by atoms with Crippen LogP contribution in [0.15, 0.2) is 0 Å². The molecule has 0 radical (unpaired) electrons. The lowest BCUT2D eigenvalue weighted by Crippen LogP contribution is -2.27. The lowest BCUT2D eigenvalue weighted by Gasteiger charge is -2.07. The van der Waals surface area contributed by atoms with Gasteiger partial charge in [-0.1, -0.05) is 6.92 Å². The van der Waals surface area contributed by atoms with Gasteiger partial charge in [0.25, 0.3) is 0 Å². The quantitative estimate of drug-likeness (QED) is 0.474. The Kier molecular flexibility index (Phi) is 6.70. The topological polar surface area (TPSA) is 75.3 Å². The van der Waals surface area contributed by atoms with Gasteiger partial charge in [0.15, 0.2) is 0 Å². The van der Waals surface area contributed by atoms with Gasteiger partial charge in [0.1, 0.15) is 0 Å². The number of aliphatic hydroxyl groups is 1. The Morgan fingerprint density at radius 2 is 2.33 bits per heavy atom. The molecule has 0 aromatic rings. The summed E-state index contributed by atoms with van der Waals surface area (Å²) in [7, 11) is 0. The maximum absolute atomic E-state index is 11.0. The largest absolute Gasteiger partial charge is 0.396 e. The van der Waals surface area contributed by atoms with E-state index in [0.29, 0.717) is 19.5 Å². The van der Waals surface area contributed by atoms with E-state index in [1.165, 1.54) is 0 Å². The van der Waals surface area contributed by atoms with Gasteiger partial charge >= 0.3 is 0 Å². The second-order valence-corrected chi connectivity index (χ2v) is 2.98. The Bertz CT molecular complexity index is 128. The van der Waals surface area contributed by atoms with Crippen molar-refractivity contribution in [3.05, 3.63) is 0 Å².